The molecule has 0 fully saturated rings. The quantitative estimate of drug-likeness (QED) is 0.588. The standard InChI is InChI=1S/C22H25NO4/c1-5-26-19-9-7-6-8-18(19)10-11-21(25)27-14-20(24)23-22-16(3)12-15(2)13-17(22)4/h6-13H,5,14H2,1-4H3,(H,23,24)/b11-10+. The average Bonchev–Trinajstić information content (AvgIpc) is 2.62. The van der Waals surface area contributed by atoms with Crippen LogP contribution in [0.2, 0.25) is 0 Å². The summed E-state index contributed by atoms with van der Waals surface area (Å²) >= 11 is 0. The summed E-state index contributed by atoms with van der Waals surface area (Å²) < 4.78 is 10.5. The zero-order chi connectivity index (χ0) is 19.8. The number of esters is 1. The fraction of sp³-hybridized carbons (Fsp3) is 0.273. The molecule has 1 N–H and O–H groups in total. The Morgan fingerprint density at radius 3 is 2.41 bits per heavy atom. The van der Waals surface area contributed by atoms with Gasteiger partial charge in [0.1, 0.15) is 5.75 Å². The highest BCUT2D eigenvalue weighted by Crippen LogP contribution is 2.22. The molecule has 2 aromatic carbocycles. The SMILES string of the molecule is CCOc1ccccc1/C=C/C(=O)OCC(=O)Nc1c(C)cc(C)cc1C. The van der Waals surface area contributed by atoms with Gasteiger partial charge in [-0.3, -0.25) is 4.79 Å². The predicted octanol–water partition coefficient (Wildman–Crippen LogP) is 4.21. The lowest BCUT2D eigenvalue weighted by molar-refractivity contribution is -0.142. The molecule has 142 valence electrons. The molecule has 0 saturated heterocycles. The summed E-state index contributed by atoms with van der Waals surface area (Å²) in [5.74, 6) is -0.276. The third-order valence-electron chi connectivity index (χ3n) is 3.90. The summed E-state index contributed by atoms with van der Waals surface area (Å²) in [5, 5.41) is 2.80. The minimum absolute atomic E-state index is 0.344. The third-order valence-corrected chi connectivity index (χ3v) is 3.90. The first-order valence-electron chi connectivity index (χ1n) is 8.85. The van der Waals surface area contributed by atoms with Gasteiger partial charge < -0.3 is 14.8 Å². The lowest BCUT2D eigenvalue weighted by atomic mass is 10.1. The van der Waals surface area contributed by atoms with Crippen LogP contribution >= 0.6 is 0 Å². The lowest BCUT2D eigenvalue weighted by Gasteiger charge is -2.12. The number of benzene rings is 2. The maximum Gasteiger partial charge on any atom is 0.331 e. The van der Waals surface area contributed by atoms with Gasteiger partial charge in [-0.1, -0.05) is 35.9 Å². The second-order valence-corrected chi connectivity index (χ2v) is 6.23. The molecule has 2 rings (SSSR count). The second kappa shape index (κ2) is 9.57. The van der Waals surface area contributed by atoms with Crippen molar-refractivity contribution >= 4 is 23.6 Å². The molecule has 0 bridgehead atoms. The van der Waals surface area contributed by atoms with E-state index in [9.17, 15) is 9.59 Å². The number of hydrogen-bond acceptors (Lipinski definition) is 4. The van der Waals surface area contributed by atoms with Crippen LogP contribution in [0.3, 0.4) is 0 Å². The first-order valence-corrected chi connectivity index (χ1v) is 8.85. The molecule has 0 aliphatic carbocycles. The molecule has 0 saturated carbocycles. The molecule has 5 heteroatoms. The second-order valence-electron chi connectivity index (χ2n) is 6.23. The van der Waals surface area contributed by atoms with E-state index in [1.165, 1.54) is 6.08 Å². The normalized spacial score (nSPS) is 10.7. The number of carbonyl (C=O) groups excluding carboxylic acids is 2. The van der Waals surface area contributed by atoms with E-state index in [1.54, 1.807) is 6.08 Å². The molecular formula is C22H25NO4. The highest BCUT2D eigenvalue weighted by Gasteiger charge is 2.10. The molecule has 0 atom stereocenters. The van der Waals surface area contributed by atoms with E-state index in [2.05, 4.69) is 5.32 Å². The van der Waals surface area contributed by atoms with Gasteiger partial charge in [-0.05, 0) is 51.0 Å². The molecule has 27 heavy (non-hydrogen) atoms. The molecule has 0 spiro atoms. The summed E-state index contributed by atoms with van der Waals surface area (Å²) in [4.78, 5) is 24.0. The molecular weight excluding hydrogens is 342 g/mol. The van der Waals surface area contributed by atoms with E-state index in [0.29, 0.717) is 12.4 Å². The van der Waals surface area contributed by atoms with Gasteiger partial charge in [-0.2, -0.15) is 0 Å². The van der Waals surface area contributed by atoms with Crippen LogP contribution in [0.15, 0.2) is 42.5 Å². The van der Waals surface area contributed by atoms with Crippen LogP contribution in [0.25, 0.3) is 6.08 Å². The van der Waals surface area contributed by atoms with Gasteiger partial charge in [-0.15, -0.1) is 0 Å². The number of carbonyl (C=O) groups is 2. The van der Waals surface area contributed by atoms with Gasteiger partial charge in [0.2, 0.25) is 0 Å². The Labute approximate surface area is 160 Å². The fourth-order valence-electron chi connectivity index (χ4n) is 2.80. The average molecular weight is 367 g/mol. The van der Waals surface area contributed by atoms with Gasteiger partial charge in [0.15, 0.2) is 6.61 Å². The van der Waals surface area contributed by atoms with Crippen LogP contribution in [0, 0.1) is 20.8 Å². The molecule has 0 aliphatic rings. The van der Waals surface area contributed by atoms with Crippen LogP contribution in [0.1, 0.15) is 29.2 Å². The van der Waals surface area contributed by atoms with Crippen molar-refractivity contribution in [2.45, 2.75) is 27.7 Å². The first-order chi connectivity index (χ1) is 12.9. The van der Waals surface area contributed by atoms with Crippen LogP contribution in [0.5, 0.6) is 5.75 Å². The maximum absolute atomic E-state index is 12.1. The van der Waals surface area contributed by atoms with Gasteiger partial charge in [-0.25, -0.2) is 4.79 Å². The number of nitrogens with one attached hydrogen (secondary N) is 1. The van der Waals surface area contributed by atoms with Gasteiger partial charge in [0, 0.05) is 17.3 Å². The Hall–Kier alpha value is -3.08. The van der Waals surface area contributed by atoms with Crippen molar-refractivity contribution in [1.29, 1.82) is 0 Å². The zero-order valence-electron chi connectivity index (χ0n) is 16.2. The van der Waals surface area contributed by atoms with E-state index >= 15 is 0 Å². The summed E-state index contributed by atoms with van der Waals surface area (Å²) in [6.07, 6.45) is 2.90. The predicted molar refractivity (Wildman–Crippen MR) is 107 cm³/mol. The Morgan fingerprint density at radius 1 is 1.07 bits per heavy atom. The molecule has 0 aromatic heterocycles. The van der Waals surface area contributed by atoms with Gasteiger partial charge in [0.05, 0.1) is 6.61 Å². The molecule has 0 heterocycles. The number of anilines is 1. The molecule has 0 radical (unpaired) electrons. The third kappa shape index (κ3) is 5.99. The minimum Gasteiger partial charge on any atom is -0.493 e. The largest absolute Gasteiger partial charge is 0.493 e. The van der Waals surface area contributed by atoms with E-state index in [-0.39, 0.29) is 12.5 Å². The van der Waals surface area contributed by atoms with E-state index in [4.69, 9.17) is 9.47 Å². The topological polar surface area (TPSA) is 64.6 Å². The first kappa shape index (κ1) is 20.2. The van der Waals surface area contributed by atoms with Crippen LogP contribution in [0.4, 0.5) is 5.69 Å². The number of para-hydroxylation sites is 1. The molecule has 2 aromatic rings. The molecule has 5 nitrogen and oxygen atoms in total. The van der Waals surface area contributed by atoms with E-state index in [0.717, 1.165) is 27.9 Å². The summed E-state index contributed by atoms with van der Waals surface area (Å²) in [7, 11) is 0. The Balaban J connectivity index is 1.91. The zero-order valence-corrected chi connectivity index (χ0v) is 16.2. The summed E-state index contributed by atoms with van der Waals surface area (Å²) in [6, 6.07) is 11.4. The number of rotatable bonds is 7. The van der Waals surface area contributed by atoms with E-state index < -0.39 is 5.97 Å². The molecule has 0 aliphatic heterocycles. The molecule has 1 amide bonds. The fourth-order valence-corrected chi connectivity index (χ4v) is 2.80. The van der Waals surface area contributed by atoms with Gasteiger partial charge in [0.25, 0.3) is 5.91 Å². The van der Waals surface area contributed by atoms with Crippen molar-refractivity contribution in [3.05, 3.63) is 64.7 Å². The van der Waals surface area contributed by atoms with Crippen molar-refractivity contribution in [3.8, 4) is 5.75 Å². The Kier molecular flexibility index (Phi) is 7.17. The highest BCUT2D eigenvalue weighted by molar-refractivity contribution is 5.95. The summed E-state index contributed by atoms with van der Waals surface area (Å²) in [5.41, 5.74) is 4.60. The van der Waals surface area contributed by atoms with Crippen molar-refractivity contribution in [1.82, 2.24) is 0 Å². The van der Waals surface area contributed by atoms with Crippen molar-refractivity contribution in [2.75, 3.05) is 18.5 Å². The lowest BCUT2D eigenvalue weighted by Crippen LogP contribution is -2.21. The maximum atomic E-state index is 12.1. The molecule has 0 unspecified atom stereocenters. The number of amides is 1. The van der Waals surface area contributed by atoms with Crippen molar-refractivity contribution < 1.29 is 19.1 Å². The number of ether oxygens (including phenoxy) is 2. The monoisotopic (exact) mass is 367 g/mol. The van der Waals surface area contributed by atoms with E-state index in [1.807, 2.05) is 64.1 Å². The smallest absolute Gasteiger partial charge is 0.331 e. The Bertz CT molecular complexity index is 832. The van der Waals surface area contributed by atoms with Crippen molar-refractivity contribution in [3.63, 3.8) is 0 Å². The van der Waals surface area contributed by atoms with Crippen LogP contribution in [-0.4, -0.2) is 25.1 Å². The van der Waals surface area contributed by atoms with Crippen molar-refractivity contribution in [2.24, 2.45) is 0 Å². The van der Waals surface area contributed by atoms with Crippen LogP contribution < -0.4 is 10.1 Å². The highest BCUT2D eigenvalue weighted by atomic mass is 16.5. The van der Waals surface area contributed by atoms with Gasteiger partial charge >= 0.3 is 5.97 Å². The minimum atomic E-state index is -0.589. The summed E-state index contributed by atoms with van der Waals surface area (Å²) in [6.45, 7) is 7.95. The Morgan fingerprint density at radius 2 is 1.74 bits per heavy atom. The van der Waals surface area contributed by atoms with Crippen LogP contribution in [-0.2, 0) is 14.3 Å². The number of aryl methyl sites for hydroxylation is 3. The number of hydrogen-bond donors (Lipinski definition) is 1.